The summed E-state index contributed by atoms with van der Waals surface area (Å²) in [7, 11) is 0. The molecule has 0 atom stereocenters. The highest BCUT2D eigenvalue weighted by Crippen LogP contribution is 2.23. The highest BCUT2D eigenvalue weighted by molar-refractivity contribution is 7.13. The fourth-order valence-electron chi connectivity index (χ4n) is 1.12. The first kappa shape index (κ1) is 10.7. The number of anilines is 2. The van der Waals surface area contributed by atoms with E-state index in [1.54, 1.807) is 0 Å². The van der Waals surface area contributed by atoms with Crippen molar-refractivity contribution in [2.45, 2.75) is 5.88 Å². The van der Waals surface area contributed by atoms with Gasteiger partial charge in [-0.3, -0.25) is 0 Å². The van der Waals surface area contributed by atoms with Crippen LogP contribution in [0.2, 0.25) is 5.02 Å². The largest absolute Gasteiger partial charge is 0.331 e. The van der Waals surface area contributed by atoms with Gasteiger partial charge in [0.25, 0.3) is 0 Å². The molecule has 15 heavy (non-hydrogen) atoms. The molecule has 1 N–H and O–H groups in total. The fraction of sp³-hybridized carbons (Fsp3) is 0.100. The molecule has 0 bridgehead atoms. The van der Waals surface area contributed by atoms with Crippen molar-refractivity contribution in [2.75, 3.05) is 5.32 Å². The Hall–Kier alpha value is -0.770. The Morgan fingerprint density at radius 1 is 1.40 bits per heavy atom. The van der Waals surface area contributed by atoms with E-state index in [9.17, 15) is 0 Å². The number of alkyl halides is 1. The van der Waals surface area contributed by atoms with Crippen LogP contribution in [0.3, 0.4) is 0 Å². The number of thiazole rings is 1. The van der Waals surface area contributed by atoms with Crippen LogP contribution in [0.1, 0.15) is 5.69 Å². The number of nitrogens with one attached hydrogen (secondary N) is 1. The molecule has 1 heterocycles. The zero-order valence-electron chi connectivity index (χ0n) is 7.71. The zero-order chi connectivity index (χ0) is 10.7. The first-order valence-electron chi connectivity index (χ1n) is 4.31. The average Bonchev–Trinajstić information content (AvgIpc) is 2.65. The SMILES string of the molecule is ClCc1csc(Nc2cccc(Cl)c2)n1. The highest BCUT2D eigenvalue weighted by atomic mass is 35.5. The Morgan fingerprint density at radius 2 is 2.27 bits per heavy atom. The van der Waals surface area contributed by atoms with Crippen molar-refractivity contribution in [3.8, 4) is 0 Å². The van der Waals surface area contributed by atoms with Gasteiger partial charge >= 0.3 is 0 Å². The van der Waals surface area contributed by atoms with Crippen molar-refractivity contribution in [1.29, 1.82) is 0 Å². The summed E-state index contributed by atoms with van der Waals surface area (Å²) in [6.45, 7) is 0. The minimum absolute atomic E-state index is 0.438. The lowest BCUT2D eigenvalue weighted by Crippen LogP contribution is -1.89. The van der Waals surface area contributed by atoms with Crippen LogP contribution in [0.4, 0.5) is 10.8 Å². The van der Waals surface area contributed by atoms with Gasteiger partial charge in [-0.1, -0.05) is 17.7 Å². The molecule has 1 aromatic heterocycles. The van der Waals surface area contributed by atoms with Gasteiger partial charge in [0, 0.05) is 16.1 Å². The average molecular weight is 259 g/mol. The summed E-state index contributed by atoms with van der Waals surface area (Å²) in [6.07, 6.45) is 0. The summed E-state index contributed by atoms with van der Waals surface area (Å²) in [4.78, 5) is 4.29. The highest BCUT2D eigenvalue weighted by Gasteiger charge is 2.01. The fourth-order valence-corrected chi connectivity index (χ4v) is 2.26. The normalized spacial score (nSPS) is 10.3. The Bertz CT molecular complexity index is 456. The maximum Gasteiger partial charge on any atom is 0.187 e. The molecule has 1 aromatic carbocycles. The molecular weight excluding hydrogens is 251 g/mol. The van der Waals surface area contributed by atoms with E-state index in [0.717, 1.165) is 16.5 Å². The minimum Gasteiger partial charge on any atom is -0.331 e. The number of rotatable bonds is 3. The summed E-state index contributed by atoms with van der Waals surface area (Å²) in [6, 6.07) is 7.51. The van der Waals surface area contributed by atoms with Crippen LogP contribution >= 0.6 is 34.5 Å². The zero-order valence-corrected chi connectivity index (χ0v) is 10.0. The summed E-state index contributed by atoms with van der Waals surface area (Å²) in [5, 5.41) is 6.62. The second-order valence-corrected chi connectivity index (χ2v) is 4.47. The van der Waals surface area contributed by atoms with Crippen LogP contribution in [0.5, 0.6) is 0 Å². The van der Waals surface area contributed by atoms with Crippen LogP contribution in [0.25, 0.3) is 0 Å². The number of halogens is 2. The van der Waals surface area contributed by atoms with Gasteiger partial charge in [0.05, 0.1) is 11.6 Å². The monoisotopic (exact) mass is 258 g/mol. The van der Waals surface area contributed by atoms with E-state index in [-0.39, 0.29) is 0 Å². The van der Waals surface area contributed by atoms with E-state index in [4.69, 9.17) is 23.2 Å². The smallest absolute Gasteiger partial charge is 0.187 e. The van der Waals surface area contributed by atoms with Crippen LogP contribution in [0.15, 0.2) is 29.6 Å². The molecule has 0 fully saturated rings. The first-order chi connectivity index (χ1) is 7.28. The molecule has 0 aliphatic heterocycles. The van der Waals surface area contributed by atoms with E-state index in [0.29, 0.717) is 10.9 Å². The van der Waals surface area contributed by atoms with Gasteiger partial charge in [-0.05, 0) is 18.2 Å². The Morgan fingerprint density at radius 3 is 2.93 bits per heavy atom. The first-order valence-corrected chi connectivity index (χ1v) is 6.10. The van der Waals surface area contributed by atoms with E-state index in [2.05, 4.69) is 10.3 Å². The molecule has 2 aromatic rings. The Balaban J connectivity index is 2.14. The molecule has 0 amide bonds. The number of benzene rings is 1. The third-order valence-corrected chi connectivity index (χ3v) is 3.08. The molecule has 78 valence electrons. The quantitative estimate of drug-likeness (QED) is 0.832. The van der Waals surface area contributed by atoms with Gasteiger partial charge in [0.1, 0.15) is 0 Å². The van der Waals surface area contributed by atoms with Gasteiger partial charge in [-0.15, -0.1) is 22.9 Å². The maximum absolute atomic E-state index is 5.87. The molecule has 0 unspecified atom stereocenters. The third-order valence-electron chi connectivity index (χ3n) is 1.76. The molecule has 2 rings (SSSR count). The van der Waals surface area contributed by atoms with Crippen LogP contribution in [0, 0.1) is 0 Å². The van der Waals surface area contributed by atoms with Crippen molar-refractivity contribution in [1.82, 2.24) is 4.98 Å². The summed E-state index contributed by atoms with van der Waals surface area (Å²) < 4.78 is 0. The third kappa shape index (κ3) is 2.84. The molecule has 2 nitrogen and oxygen atoms in total. The van der Waals surface area contributed by atoms with E-state index >= 15 is 0 Å². The summed E-state index contributed by atoms with van der Waals surface area (Å²) in [5.74, 6) is 0.438. The lowest BCUT2D eigenvalue weighted by Gasteiger charge is -2.01. The van der Waals surface area contributed by atoms with Crippen molar-refractivity contribution in [2.24, 2.45) is 0 Å². The van der Waals surface area contributed by atoms with Gasteiger partial charge in [0.2, 0.25) is 0 Å². The molecular formula is C10H8Cl2N2S. The van der Waals surface area contributed by atoms with Gasteiger partial charge in [0.15, 0.2) is 5.13 Å². The molecule has 0 saturated carbocycles. The summed E-state index contributed by atoms with van der Waals surface area (Å²) >= 11 is 13.1. The lowest BCUT2D eigenvalue weighted by atomic mass is 10.3. The second-order valence-electron chi connectivity index (χ2n) is 2.91. The maximum atomic E-state index is 5.87. The van der Waals surface area contributed by atoms with Gasteiger partial charge < -0.3 is 5.32 Å². The molecule has 0 spiro atoms. The van der Waals surface area contributed by atoms with E-state index < -0.39 is 0 Å². The van der Waals surface area contributed by atoms with Gasteiger partial charge in [-0.2, -0.15) is 0 Å². The van der Waals surface area contributed by atoms with Crippen molar-refractivity contribution in [3.63, 3.8) is 0 Å². The van der Waals surface area contributed by atoms with Crippen molar-refractivity contribution < 1.29 is 0 Å². The number of aromatic nitrogens is 1. The predicted molar refractivity (Wildman–Crippen MR) is 66.4 cm³/mol. The molecule has 0 radical (unpaired) electrons. The predicted octanol–water partition coefficient (Wildman–Crippen LogP) is 4.28. The number of hydrogen-bond acceptors (Lipinski definition) is 3. The second kappa shape index (κ2) is 4.84. The van der Waals surface area contributed by atoms with Crippen molar-refractivity contribution in [3.05, 3.63) is 40.4 Å². The molecule has 0 saturated heterocycles. The minimum atomic E-state index is 0.438. The van der Waals surface area contributed by atoms with Crippen LogP contribution in [-0.4, -0.2) is 4.98 Å². The number of nitrogens with zero attached hydrogens (tertiary/aromatic N) is 1. The number of hydrogen-bond donors (Lipinski definition) is 1. The van der Waals surface area contributed by atoms with E-state index in [1.807, 2.05) is 29.6 Å². The molecule has 0 aliphatic carbocycles. The standard InChI is InChI=1S/C10H8Cl2N2S/c11-5-9-6-15-10(14-9)13-8-3-1-2-7(12)4-8/h1-4,6H,5H2,(H,13,14). The van der Waals surface area contributed by atoms with Crippen molar-refractivity contribution >= 4 is 45.4 Å². The topological polar surface area (TPSA) is 24.9 Å². The van der Waals surface area contributed by atoms with E-state index in [1.165, 1.54) is 11.3 Å². The van der Waals surface area contributed by atoms with Crippen LogP contribution < -0.4 is 5.32 Å². The summed E-state index contributed by atoms with van der Waals surface area (Å²) in [5.41, 5.74) is 1.81. The Kier molecular flexibility index (Phi) is 3.46. The Labute approximate surface area is 102 Å². The molecule has 0 aliphatic rings. The molecule has 5 heteroatoms. The van der Waals surface area contributed by atoms with Crippen LogP contribution in [-0.2, 0) is 5.88 Å². The lowest BCUT2D eigenvalue weighted by molar-refractivity contribution is 1.22. The van der Waals surface area contributed by atoms with Gasteiger partial charge in [-0.25, -0.2) is 4.98 Å².